The Hall–Kier alpha value is -3.57. The van der Waals surface area contributed by atoms with Crippen LogP contribution in [0.4, 0.5) is 10.5 Å². The van der Waals surface area contributed by atoms with Crippen LogP contribution in [0.5, 0.6) is 5.75 Å². The molecular formula is C26H25NO4. The lowest BCUT2D eigenvalue weighted by molar-refractivity contribution is 0.0677. The van der Waals surface area contributed by atoms with Crippen molar-refractivity contribution in [3.8, 4) is 5.75 Å². The summed E-state index contributed by atoms with van der Waals surface area (Å²) in [4.78, 5) is 12.9. The molecule has 0 spiro atoms. The highest BCUT2D eigenvalue weighted by Gasteiger charge is 2.26. The van der Waals surface area contributed by atoms with Gasteiger partial charge in [0.15, 0.2) is 0 Å². The molecule has 0 bridgehead atoms. The van der Waals surface area contributed by atoms with Gasteiger partial charge in [-0.05, 0) is 35.2 Å². The van der Waals surface area contributed by atoms with Crippen LogP contribution >= 0.6 is 0 Å². The van der Waals surface area contributed by atoms with Crippen LogP contribution in [0.15, 0.2) is 78.9 Å². The maximum atomic E-state index is 12.9. The van der Waals surface area contributed by atoms with E-state index >= 15 is 0 Å². The number of amides is 1. The Morgan fingerprint density at radius 2 is 1.58 bits per heavy atom. The highest BCUT2D eigenvalue weighted by Crippen LogP contribution is 2.37. The Kier molecular flexibility index (Phi) is 6.05. The van der Waals surface area contributed by atoms with Gasteiger partial charge in [-0.2, -0.15) is 0 Å². The van der Waals surface area contributed by atoms with Gasteiger partial charge < -0.3 is 14.9 Å². The molecule has 0 fully saturated rings. The molecule has 31 heavy (non-hydrogen) atoms. The van der Waals surface area contributed by atoms with E-state index in [2.05, 4.69) is 5.32 Å². The lowest BCUT2D eigenvalue weighted by Crippen LogP contribution is -2.23. The van der Waals surface area contributed by atoms with Crippen molar-refractivity contribution < 1.29 is 19.7 Å². The highest BCUT2D eigenvalue weighted by molar-refractivity contribution is 6.00. The normalized spacial score (nSPS) is 13.1. The minimum absolute atomic E-state index is 0.0119. The van der Waals surface area contributed by atoms with E-state index in [-0.39, 0.29) is 18.3 Å². The summed E-state index contributed by atoms with van der Waals surface area (Å²) in [5.74, 6) is 0.0457. The fourth-order valence-corrected chi connectivity index (χ4v) is 3.98. The van der Waals surface area contributed by atoms with Crippen molar-refractivity contribution in [1.29, 1.82) is 0 Å². The summed E-state index contributed by atoms with van der Waals surface area (Å²) < 4.78 is 5.91. The number of fused-ring (bicyclic) bond motifs is 2. The zero-order valence-electron chi connectivity index (χ0n) is 17.3. The third-order valence-electron chi connectivity index (χ3n) is 5.60. The predicted octanol–water partition coefficient (Wildman–Crippen LogP) is 6.01. The molecule has 5 nitrogen and oxygen atoms in total. The Balaban J connectivity index is 1.66. The number of rotatable bonds is 6. The molecule has 0 heterocycles. The van der Waals surface area contributed by atoms with Crippen LogP contribution in [0, 0.1) is 5.92 Å². The van der Waals surface area contributed by atoms with Crippen molar-refractivity contribution >= 4 is 33.3 Å². The molecule has 4 aromatic carbocycles. The molecule has 0 radical (unpaired) electrons. The number of aliphatic hydroxyl groups is 1. The van der Waals surface area contributed by atoms with Crippen LogP contribution in [-0.4, -0.2) is 22.9 Å². The predicted molar refractivity (Wildman–Crippen MR) is 123 cm³/mol. The number of ether oxygens (including phenoxy) is 1. The van der Waals surface area contributed by atoms with Crippen molar-refractivity contribution in [3.05, 3.63) is 84.4 Å². The SMILES string of the molecule is C[C@H](CCO)[C@@H](OC(=O)Nc1cccc2ccccc12)c1ccc(O)c2ccccc12. The number of carbonyl (C=O) groups excluding carboxylic acids is 1. The van der Waals surface area contributed by atoms with Crippen LogP contribution in [0.2, 0.25) is 0 Å². The summed E-state index contributed by atoms with van der Waals surface area (Å²) in [6, 6.07) is 24.4. The molecule has 0 aliphatic rings. The molecule has 0 unspecified atom stereocenters. The van der Waals surface area contributed by atoms with E-state index in [1.54, 1.807) is 12.1 Å². The fraction of sp³-hybridized carbons (Fsp3) is 0.192. The Morgan fingerprint density at radius 1 is 0.903 bits per heavy atom. The van der Waals surface area contributed by atoms with E-state index in [9.17, 15) is 15.0 Å². The maximum Gasteiger partial charge on any atom is 0.412 e. The summed E-state index contributed by atoms with van der Waals surface area (Å²) in [5, 5.41) is 26.0. The van der Waals surface area contributed by atoms with Gasteiger partial charge in [-0.25, -0.2) is 4.79 Å². The molecule has 158 valence electrons. The molecule has 4 aromatic rings. The maximum absolute atomic E-state index is 12.9. The van der Waals surface area contributed by atoms with E-state index in [0.29, 0.717) is 17.5 Å². The van der Waals surface area contributed by atoms with E-state index in [1.807, 2.05) is 73.7 Å². The first kappa shape index (κ1) is 20.7. The number of phenols is 1. The van der Waals surface area contributed by atoms with Crippen LogP contribution in [0.3, 0.4) is 0 Å². The zero-order valence-corrected chi connectivity index (χ0v) is 17.3. The van der Waals surface area contributed by atoms with Crippen molar-refractivity contribution in [1.82, 2.24) is 0 Å². The molecule has 0 saturated carbocycles. The molecule has 0 saturated heterocycles. The molecule has 5 heteroatoms. The summed E-state index contributed by atoms with van der Waals surface area (Å²) in [6.07, 6.45) is -0.683. The standard InChI is InChI=1S/C26H25NO4/c1-17(15-16-28)25(22-13-14-24(29)21-11-5-4-10-20(21)22)31-26(30)27-23-12-6-8-18-7-2-3-9-19(18)23/h2-14,17,25,28-29H,15-16H2,1H3,(H,27,30)/t17-,25-/m1/s1. The zero-order chi connectivity index (χ0) is 21.8. The van der Waals surface area contributed by atoms with Crippen LogP contribution < -0.4 is 5.32 Å². The smallest absolute Gasteiger partial charge is 0.412 e. The van der Waals surface area contributed by atoms with Crippen molar-refractivity contribution in [2.24, 2.45) is 5.92 Å². The van der Waals surface area contributed by atoms with E-state index < -0.39 is 12.2 Å². The van der Waals surface area contributed by atoms with Crippen LogP contribution in [-0.2, 0) is 4.74 Å². The number of benzene rings is 4. The van der Waals surface area contributed by atoms with E-state index in [4.69, 9.17) is 4.74 Å². The van der Waals surface area contributed by atoms with Gasteiger partial charge in [-0.1, -0.05) is 73.7 Å². The number of phenolic OH excluding ortho intramolecular Hbond substituents is 1. The first-order valence-electron chi connectivity index (χ1n) is 10.4. The van der Waals surface area contributed by atoms with Gasteiger partial charge in [0.25, 0.3) is 0 Å². The molecule has 0 aliphatic carbocycles. The van der Waals surface area contributed by atoms with Gasteiger partial charge in [0.1, 0.15) is 11.9 Å². The lowest BCUT2D eigenvalue weighted by Gasteiger charge is -2.26. The molecule has 1 amide bonds. The summed E-state index contributed by atoms with van der Waals surface area (Å²) in [6.45, 7) is 1.93. The molecular weight excluding hydrogens is 390 g/mol. The quantitative estimate of drug-likeness (QED) is 0.360. The van der Waals surface area contributed by atoms with E-state index in [1.165, 1.54) is 0 Å². The van der Waals surface area contributed by atoms with Gasteiger partial charge in [0.2, 0.25) is 0 Å². The molecule has 0 aromatic heterocycles. The van der Waals surface area contributed by atoms with Crippen molar-refractivity contribution in [2.75, 3.05) is 11.9 Å². The third kappa shape index (κ3) is 4.32. The van der Waals surface area contributed by atoms with Gasteiger partial charge in [0.05, 0.1) is 5.69 Å². The minimum Gasteiger partial charge on any atom is -0.507 e. The van der Waals surface area contributed by atoms with Crippen molar-refractivity contribution in [3.63, 3.8) is 0 Å². The van der Waals surface area contributed by atoms with Crippen LogP contribution in [0.1, 0.15) is 25.0 Å². The first-order valence-corrected chi connectivity index (χ1v) is 10.4. The monoisotopic (exact) mass is 415 g/mol. The third-order valence-corrected chi connectivity index (χ3v) is 5.60. The average molecular weight is 415 g/mol. The minimum atomic E-state index is -0.590. The van der Waals surface area contributed by atoms with Gasteiger partial charge in [0, 0.05) is 22.9 Å². The number of aliphatic hydroxyl groups excluding tert-OH is 1. The lowest BCUT2D eigenvalue weighted by atomic mass is 9.90. The summed E-state index contributed by atoms with van der Waals surface area (Å²) >= 11 is 0. The van der Waals surface area contributed by atoms with Gasteiger partial charge in [-0.15, -0.1) is 0 Å². The molecule has 2 atom stereocenters. The van der Waals surface area contributed by atoms with E-state index in [0.717, 1.165) is 21.7 Å². The molecule has 4 rings (SSSR count). The number of carbonyl (C=O) groups is 1. The second-order valence-electron chi connectivity index (χ2n) is 7.69. The Bertz CT molecular complexity index is 1220. The largest absolute Gasteiger partial charge is 0.507 e. The number of aromatic hydroxyl groups is 1. The second kappa shape index (κ2) is 9.06. The molecule has 0 aliphatic heterocycles. The van der Waals surface area contributed by atoms with Crippen LogP contribution in [0.25, 0.3) is 21.5 Å². The van der Waals surface area contributed by atoms with Gasteiger partial charge in [-0.3, -0.25) is 5.32 Å². The fourth-order valence-electron chi connectivity index (χ4n) is 3.98. The number of anilines is 1. The number of hydrogen-bond donors (Lipinski definition) is 3. The van der Waals surface area contributed by atoms with Crippen molar-refractivity contribution in [2.45, 2.75) is 19.4 Å². The topological polar surface area (TPSA) is 78.8 Å². The number of nitrogens with one attached hydrogen (secondary N) is 1. The molecule has 3 N–H and O–H groups in total. The Morgan fingerprint density at radius 3 is 2.35 bits per heavy atom. The Labute approximate surface area is 180 Å². The second-order valence-corrected chi connectivity index (χ2v) is 7.69. The average Bonchev–Trinajstić information content (AvgIpc) is 2.79. The first-order chi connectivity index (χ1) is 15.1. The highest BCUT2D eigenvalue weighted by atomic mass is 16.6. The number of hydrogen-bond acceptors (Lipinski definition) is 4. The summed E-state index contributed by atoms with van der Waals surface area (Å²) in [5.41, 5.74) is 1.47. The van der Waals surface area contributed by atoms with Gasteiger partial charge >= 0.3 is 6.09 Å². The summed E-state index contributed by atoms with van der Waals surface area (Å²) in [7, 11) is 0.